The Kier molecular flexibility index (Phi) is 5.25. The zero-order chi connectivity index (χ0) is 14.2. The molecule has 6 heteroatoms. The maximum atomic E-state index is 11.6. The van der Waals surface area contributed by atoms with E-state index in [9.17, 15) is 4.79 Å². The van der Waals surface area contributed by atoms with Crippen molar-refractivity contribution in [2.24, 2.45) is 5.73 Å². The third-order valence-corrected chi connectivity index (χ3v) is 3.04. The van der Waals surface area contributed by atoms with Crippen LogP contribution in [0.4, 0.5) is 0 Å². The average molecular weight is 273 g/mol. The van der Waals surface area contributed by atoms with Gasteiger partial charge in [0, 0.05) is 19.0 Å². The molecule has 0 spiro atoms. The van der Waals surface area contributed by atoms with Crippen LogP contribution in [-0.4, -0.2) is 27.2 Å². The summed E-state index contributed by atoms with van der Waals surface area (Å²) in [5.41, 5.74) is 7.15. The summed E-state index contributed by atoms with van der Waals surface area (Å²) in [4.78, 5) is 15.5. The number of amides is 1. The number of nitrogens with two attached hydrogens (primary N) is 1. The Labute approximate surface area is 118 Å². The van der Waals surface area contributed by atoms with E-state index in [-0.39, 0.29) is 11.9 Å². The Morgan fingerprint density at radius 3 is 2.85 bits per heavy atom. The first-order valence-electron chi connectivity index (χ1n) is 6.65. The zero-order valence-electron chi connectivity index (χ0n) is 11.3. The summed E-state index contributed by atoms with van der Waals surface area (Å²) < 4.78 is 1.63. The number of carbonyl (C=O) groups is 1. The molecular formula is C14H19N5O. The molecule has 0 fully saturated rings. The van der Waals surface area contributed by atoms with Crippen molar-refractivity contribution in [3.05, 3.63) is 48.5 Å². The summed E-state index contributed by atoms with van der Waals surface area (Å²) >= 11 is 0. The predicted octanol–water partition coefficient (Wildman–Crippen LogP) is 0.875. The van der Waals surface area contributed by atoms with E-state index in [1.165, 1.54) is 6.33 Å². The number of benzene rings is 1. The van der Waals surface area contributed by atoms with E-state index in [4.69, 9.17) is 5.73 Å². The minimum atomic E-state index is -0.0492. The van der Waals surface area contributed by atoms with Crippen molar-refractivity contribution in [2.75, 3.05) is 6.54 Å². The number of nitrogens with one attached hydrogen (secondary N) is 1. The van der Waals surface area contributed by atoms with Gasteiger partial charge in [0.1, 0.15) is 12.7 Å². The monoisotopic (exact) mass is 273 g/mol. The lowest BCUT2D eigenvalue weighted by Crippen LogP contribution is -2.28. The standard InChI is InChI=1S/C14H19N5O/c15-13(12-4-2-1-3-5-12)6-8-17-14(20)7-9-19-11-16-10-18-19/h1-5,10-11,13H,6-9,15H2,(H,17,20). The van der Waals surface area contributed by atoms with Gasteiger partial charge in [0.25, 0.3) is 0 Å². The molecule has 6 nitrogen and oxygen atoms in total. The highest BCUT2D eigenvalue weighted by Gasteiger charge is 2.06. The van der Waals surface area contributed by atoms with Crippen LogP contribution in [0.15, 0.2) is 43.0 Å². The highest BCUT2D eigenvalue weighted by Crippen LogP contribution is 2.12. The second-order valence-electron chi connectivity index (χ2n) is 4.56. The molecular weight excluding hydrogens is 254 g/mol. The molecule has 20 heavy (non-hydrogen) atoms. The van der Waals surface area contributed by atoms with E-state index >= 15 is 0 Å². The lowest BCUT2D eigenvalue weighted by Gasteiger charge is -2.12. The minimum Gasteiger partial charge on any atom is -0.356 e. The number of hydrogen-bond donors (Lipinski definition) is 2. The highest BCUT2D eigenvalue weighted by atomic mass is 16.1. The van der Waals surface area contributed by atoms with E-state index in [0.29, 0.717) is 19.5 Å². The van der Waals surface area contributed by atoms with Crippen molar-refractivity contribution in [1.29, 1.82) is 0 Å². The van der Waals surface area contributed by atoms with Gasteiger partial charge in [-0.3, -0.25) is 9.48 Å². The van der Waals surface area contributed by atoms with Gasteiger partial charge in [0.05, 0.1) is 6.54 Å². The van der Waals surface area contributed by atoms with Crippen molar-refractivity contribution in [1.82, 2.24) is 20.1 Å². The Morgan fingerprint density at radius 2 is 2.15 bits per heavy atom. The van der Waals surface area contributed by atoms with Crippen molar-refractivity contribution >= 4 is 5.91 Å². The van der Waals surface area contributed by atoms with Crippen LogP contribution in [0.25, 0.3) is 0 Å². The topological polar surface area (TPSA) is 85.8 Å². The summed E-state index contributed by atoms with van der Waals surface area (Å²) in [6, 6.07) is 9.83. The third-order valence-electron chi connectivity index (χ3n) is 3.04. The molecule has 1 amide bonds. The molecule has 0 saturated carbocycles. The molecule has 0 bridgehead atoms. The molecule has 1 atom stereocenters. The Hall–Kier alpha value is -2.21. The van der Waals surface area contributed by atoms with Crippen LogP contribution >= 0.6 is 0 Å². The van der Waals surface area contributed by atoms with Gasteiger partial charge >= 0.3 is 0 Å². The minimum absolute atomic E-state index is 0.000705. The largest absolute Gasteiger partial charge is 0.356 e. The first-order chi connectivity index (χ1) is 9.75. The summed E-state index contributed by atoms with van der Waals surface area (Å²) in [5.74, 6) is 0.000705. The first-order valence-corrected chi connectivity index (χ1v) is 6.65. The van der Waals surface area contributed by atoms with Gasteiger partial charge in [-0.2, -0.15) is 5.10 Å². The average Bonchev–Trinajstić information content (AvgIpc) is 2.99. The molecule has 0 radical (unpaired) electrons. The van der Waals surface area contributed by atoms with Crippen LogP contribution in [0.2, 0.25) is 0 Å². The fourth-order valence-electron chi connectivity index (χ4n) is 1.89. The van der Waals surface area contributed by atoms with E-state index in [0.717, 1.165) is 12.0 Å². The molecule has 1 aromatic carbocycles. The maximum Gasteiger partial charge on any atom is 0.221 e. The molecule has 0 aliphatic heterocycles. The molecule has 3 N–H and O–H groups in total. The van der Waals surface area contributed by atoms with Crippen LogP contribution < -0.4 is 11.1 Å². The number of hydrogen-bond acceptors (Lipinski definition) is 4. The summed E-state index contributed by atoms with van der Waals surface area (Å²) in [5, 5.41) is 6.81. The van der Waals surface area contributed by atoms with E-state index in [2.05, 4.69) is 15.4 Å². The second kappa shape index (κ2) is 7.40. The Bertz CT molecular complexity index is 512. The van der Waals surface area contributed by atoms with Crippen LogP contribution in [0.5, 0.6) is 0 Å². The molecule has 0 saturated heterocycles. The SMILES string of the molecule is NC(CCNC(=O)CCn1cncn1)c1ccccc1. The molecule has 1 aromatic heterocycles. The normalized spacial score (nSPS) is 12.1. The van der Waals surface area contributed by atoms with Crippen molar-refractivity contribution in [3.8, 4) is 0 Å². The molecule has 106 valence electrons. The maximum absolute atomic E-state index is 11.6. The van der Waals surface area contributed by atoms with Crippen LogP contribution in [0.1, 0.15) is 24.4 Å². The van der Waals surface area contributed by atoms with Gasteiger partial charge in [-0.05, 0) is 12.0 Å². The second-order valence-corrected chi connectivity index (χ2v) is 4.56. The van der Waals surface area contributed by atoms with E-state index in [1.54, 1.807) is 11.0 Å². The molecule has 2 rings (SSSR count). The van der Waals surface area contributed by atoms with Gasteiger partial charge in [0.15, 0.2) is 0 Å². The Balaban J connectivity index is 1.64. The number of rotatable bonds is 7. The molecule has 0 aliphatic rings. The fourth-order valence-corrected chi connectivity index (χ4v) is 1.89. The molecule has 0 aliphatic carbocycles. The lowest BCUT2D eigenvalue weighted by atomic mass is 10.1. The number of aryl methyl sites for hydroxylation is 1. The van der Waals surface area contributed by atoms with Crippen LogP contribution in [-0.2, 0) is 11.3 Å². The molecule has 2 aromatic rings. The van der Waals surface area contributed by atoms with Gasteiger partial charge in [0.2, 0.25) is 5.91 Å². The summed E-state index contributed by atoms with van der Waals surface area (Å²) in [6.45, 7) is 1.11. The Morgan fingerprint density at radius 1 is 1.35 bits per heavy atom. The van der Waals surface area contributed by atoms with E-state index in [1.807, 2.05) is 30.3 Å². The number of nitrogens with zero attached hydrogens (tertiary/aromatic N) is 3. The smallest absolute Gasteiger partial charge is 0.221 e. The van der Waals surface area contributed by atoms with Crippen LogP contribution in [0.3, 0.4) is 0 Å². The van der Waals surface area contributed by atoms with Crippen molar-refractivity contribution < 1.29 is 4.79 Å². The third kappa shape index (κ3) is 4.47. The van der Waals surface area contributed by atoms with Crippen molar-refractivity contribution in [2.45, 2.75) is 25.4 Å². The molecule has 1 unspecified atom stereocenters. The zero-order valence-corrected chi connectivity index (χ0v) is 11.3. The van der Waals surface area contributed by atoms with Gasteiger partial charge in [-0.25, -0.2) is 4.98 Å². The van der Waals surface area contributed by atoms with Gasteiger partial charge in [-0.15, -0.1) is 0 Å². The van der Waals surface area contributed by atoms with Crippen LogP contribution in [0, 0.1) is 0 Å². The quantitative estimate of drug-likeness (QED) is 0.784. The number of carbonyl (C=O) groups excluding carboxylic acids is 1. The molecule has 1 heterocycles. The fraction of sp³-hybridized carbons (Fsp3) is 0.357. The highest BCUT2D eigenvalue weighted by molar-refractivity contribution is 5.75. The van der Waals surface area contributed by atoms with Crippen molar-refractivity contribution in [3.63, 3.8) is 0 Å². The van der Waals surface area contributed by atoms with E-state index < -0.39 is 0 Å². The summed E-state index contributed by atoms with van der Waals surface area (Å²) in [7, 11) is 0. The van der Waals surface area contributed by atoms with Gasteiger partial charge in [-0.1, -0.05) is 30.3 Å². The first kappa shape index (κ1) is 14.2. The van der Waals surface area contributed by atoms with Gasteiger partial charge < -0.3 is 11.1 Å². The predicted molar refractivity (Wildman–Crippen MR) is 75.6 cm³/mol. The summed E-state index contributed by atoms with van der Waals surface area (Å²) in [6.07, 6.45) is 4.17. The number of aromatic nitrogens is 3. The lowest BCUT2D eigenvalue weighted by molar-refractivity contribution is -0.121.